The van der Waals surface area contributed by atoms with Crippen molar-refractivity contribution in [3.05, 3.63) is 0 Å². The maximum absolute atomic E-state index is 13.0. The van der Waals surface area contributed by atoms with E-state index in [0.29, 0.717) is 6.42 Å². The van der Waals surface area contributed by atoms with Gasteiger partial charge in [0.15, 0.2) is 5.78 Å². The summed E-state index contributed by atoms with van der Waals surface area (Å²) >= 11 is 0. The number of carbonyl (C=O) groups excluding carboxylic acids is 4. The number of hydrogen-bond acceptors (Lipinski definition) is 5. The minimum atomic E-state index is -1.31. The molecule has 0 aromatic rings. The molecule has 0 spiro atoms. The van der Waals surface area contributed by atoms with Crippen LogP contribution in [0.1, 0.15) is 48.0 Å². The van der Waals surface area contributed by atoms with Crippen molar-refractivity contribution < 1.29 is 23.9 Å². The van der Waals surface area contributed by atoms with Crippen LogP contribution in [0.15, 0.2) is 0 Å². The molecule has 1 aliphatic rings. The Kier molecular flexibility index (Phi) is 6.74. The van der Waals surface area contributed by atoms with Gasteiger partial charge in [-0.25, -0.2) is 4.79 Å². The molecule has 7 heteroatoms. The lowest BCUT2D eigenvalue weighted by Gasteiger charge is -2.35. The summed E-state index contributed by atoms with van der Waals surface area (Å²) in [6.07, 6.45) is 0.0612. The van der Waals surface area contributed by atoms with Crippen molar-refractivity contribution in [2.75, 3.05) is 13.6 Å². The highest BCUT2D eigenvalue weighted by atomic mass is 16.5. The first-order chi connectivity index (χ1) is 11.4. The molecule has 0 aromatic heterocycles. The predicted octanol–water partition coefficient (Wildman–Crippen LogP) is 1.15. The molecular formula is C18H30N2O5. The van der Waals surface area contributed by atoms with Crippen molar-refractivity contribution in [3.63, 3.8) is 0 Å². The second kappa shape index (κ2) is 7.97. The minimum absolute atomic E-state index is 0.0580. The van der Waals surface area contributed by atoms with Crippen LogP contribution in [0.5, 0.6) is 0 Å². The van der Waals surface area contributed by atoms with E-state index in [9.17, 15) is 19.2 Å². The van der Waals surface area contributed by atoms with Gasteiger partial charge in [-0.05, 0) is 26.7 Å². The standard InChI is InChI=1S/C18H30N2O5/c1-8-10(2)14-11(3)15(22)18(5,6)17(24)20(7)9-13(21)19-12(4)16(23)25-14/h10-12,14H,8-9H2,1-7H3,(H,19,21)/t10-,11+,12+,14?/m1/s1. The summed E-state index contributed by atoms with van der Waals surface area (Å²) in [5.74, 6) is -2.47. The highest BCUT2D eigenvalue weighted by Crippen LogP contribution is 2.30. The molecule has 1 rings (SSSR count). The van der Waals surface area contributed by atoms with Crippen molar-refractivity contribution >= 4 is 23.6 Å². The molecule has 0 aromatic carbocycles. The van der Waals surface area contributed by atoms with E-state index >= 15 is 0 Å². The summed E-state index contributed by atoms with van der Waals surface area (Å²) in [4.78, 5) is 51.3. The van der Waals surface area contributed by atoms with Gasteiger partial charge < -0.3 is 15.0 Å². The number of carbonyl (C=O) groups is 4. The SMILES string of the molecule is CC[C@@H](C)C1OC(=O)[C@H](C)NC(=O)CN(C)C(=O)C(C)(C)C(=O)[C@H]1C. The smallest absolute Gasteiger partial charge is 0.328 e. The lowest BCUT2D eigenvalue weighted by molar-refractivity contribution is -0.163. The van der Waals surface area contributed by atoms with E-state index < -0.39 is 41.3 Å². The highest BCUT2D eigenvalue weighted by molar-refractivity contribution is 6.07. The summed E-state index contributed by atoms with van der Waals surface area (Å²) in [5, 5.41) is 2.54. The van der Waals surface area contributed by atoms with Gasteiger partial charge in [0.1, 0.15) is 17.6 Å². The van der Waals surface area contributed by atoms with Crippen molar-refractivity contribution in [3.8, 4) is 0 Å². The molecule has 2 amide bonds. The Morgan fingerprint density at radius 2 is 1.80 bits per heavy atom. The molecule has 0 bridgehead atoms. The van der Waals surface area contributed by atoms with Crippen LogP contribution >= 0.6 is 0 Å². The number of ether oxygens (including phenoxy) is 1. The minimum Gasteiger partial charge on any atom is -0.460 e. The van der Waals surface area contributed by atoms with Crippen molar-refractivity contribution in [2.45, 2.75) is 60.1 Å². The summed E-state index contributed by atoms with van der Waals surface area (Å²) in [6, 6.07) is -0.850. The number of Topliss-reactive ketones (excluding diaryl/α,β-unsaturated/α-hetero) is 1. The molecule has 1 saturated heterocycles. The van der Waals surface area contributed by atoms with Gasteiger partial charge in [0.2, 0.25) is 11.8 Å². The molecule has 25 heavy (non-hydrogen) atoms. The maximum Gasteiger partial charge on any atom is 0.328 e. The van der Waals surface area contributed by atoms with Crippen molar-refractivity contribution in [1.29, 1.82) is 0 Å². The number of hydrogen-bond donors (Lipinski definition) is 1. The largest absolute Gasteiger partial charge is 0.460 e. The van der Waals surface area contributed by atoms with Crippen LogP contribution in [-0.2, 0) is 23.9 Å². The fourth-order valence-corrected chi connectivity index (χ4v) is 3.11. The van der Waals surface area contributed by atoms with Gasteiger partial charge in [0.25, 0.3) is 0 Å². The summed E-state index contributed by atoms with van der Waals surface area (Å²) in [7, 11) is 1.47. The molecule has 1 heterocycles. The molecule has 1 fully saturated rings. The first kappa shape index (κ1) is 21.1. The first-order valence-corrected chi connectivity index (χ1v) is 8.73. The van der Waals surface area contributed by atoms with Gasteiger partial charge in [-0.1, -0.05) is 27.2 Å². The van der Waals surface area contributed by atoms with Gasteiger partial charge in [-0.15, -0.1) is 0 Å². The lowest BCUT2D eigenvalue weighted by Crippen LogP contribution is -2.53. The van der Waals surface area contributed by atoms with Gasteiger partial charge in [0, 0.05) is 7.05 Å². The second-order valence-corrected chi connectivity index (χ2v) is 7.52. The third-order valence-corrected chi connectivity index (χ3v) is 4.97. The van der Waals surface area contributed by atoms with Crippen LogP contribution in [0.25, 0.3) is 0 Å². The molecule has 142 valence electrons. The summed E-state index contributed by atoms with van der Waals surface area (Å²) in [6.45, 7) is 9.93. The second-order valence-electron chi connectivity index (χ2n) is 7.52. The first-order valence-electron chi connectivity index (χ1n) is 8.73. The van der Waals surface area contributed by atoms with Crippen LogP contribution in [0.4, 0.5) is 0 Å². The third kappa shape index (κ3) is 4.58. The summed E-state index contributed by atoms with van der Waals surface area (Å²) < 4.78 is 5.58. The Hall–Kier alpha value is -1.92. The monoisotopic (exact) mass is 354 g/mol. The zero-order valence-electron chi connectivity index (χ0n) is 16.2. The molecule has 7 nitrogen and oxygen atoms in total. The van der Waals surface area contributed by atoms with Gasteiger partial charge >= 0.3 is 5.97 Å². The number of esters is 1. The average Bonchev–Trinajstić information content (AvgIpc) is 2.55. The molecule has 1 aliphatic heterocycles. The fraction of sp³-hybridized carbons (Fsp3) is 0.778. The summed E-state index contributed by atoms with van der Waals surface area (Å²) in [5.41, 5.74) is -1.31. The fourth-order valence-electron chi connectivity index (χ4n) is 3.11. The Balaban J connectivity index is 3.32. The Morgan fingerprint density at radius 3 is 2.32 bits per heavy atom. The van der Waals surface area contributed by atoms with Gasteiger partial charge in [-0.2, -0.15) is 0 Å². The topological polar surface area (TPSA) is 92.8 Å². The van der Waals surface area contributed by atoms with E-state index in [2.05, 4.69) is 5.32 Å². The third-order valence-electron chi connectivity index (χ3n) is 4.97. The zero-order chi connectivity index (χ0) is 19.5. The number of nitrogens with one attached hydrogen (secondary N) is 1. The molecular weight excluding hydrogens is 324 g/mol. The van der Waals surface area contributed by atoms with Crippen LogP contribution in [0.2, 0.25) is 0 Å². The number of likely N-dealkylation sites (N-methyl/N-ethyl adjacent to an activating group) is 1. The molecule has 4 atom stereocenters. The highest BCUT2D eigenvalue weighted by Gasteiger charge is 2.45. The lowest BCUT2D eigenvalue weighted by atomic mass is 9.76. The van der Waals surface area contributed by atoms with E-state index in [1.807, 2.05) is 13.8 Å². The van der Waals surface area contributed by atoms with Crippen LogP contribution < -0.4 is 5.32 Å². The van der Waals surface area contributed by atoms with Crippen LogP contribution in [0.3, 0.4) is 0 Å². The zero-order valence-corrected chi connectivity index (χ0v) is 16.2. The number of cyclic esters (lactones) is 1. The molecule has 1 N–H and O–H groups in total. The Bertz CT molecular complexity index is 558. The molecule has 1 unspecified atom stereocenters. The quantitative estimate of drug-likeness (QED) is 0.593. The maximum atomic E-state index is 13.0. The van der Waals surface area contributed by atoms with E-state index in [1.165, 1.54) is 18.9 Å². The molecule has 0 saturated carbocycles. The number of nitrogens with zero attached hydrogens (tertiary/aromatic N) is 1. The van der Waals surface area contributed by atoms with Crippen molar-refractivity contribution in [1.82, 2.24) is 10.2 Å². The van der Waals surface area contributed by atoms with Crippen LogP contribution in [-0.4, -0.2) is 54.2 Å². The van der Waals surface area contributed by atoms with E-state index in [0.717, 1.165) is 0 Å². The van der Waals surface area contributed by atoms with Gasteiger partial charge in [-0.3, -0.25) is 14.4 Å². The Labute approximate surface area is 149 Å². The van der Waals surface area contributed by atoms with E-state index in [4.69, 9.17) is 4.74 Å². The van der Waals surface area contributed by atoms with Crippen molar-refractivity contribution in [2.24, 2.45) is 17.3 Å². The van der Waals surface area contributed by atoms with Gasteiger partial charge in [0.05, 0.1) is 12.5 Å². The number of rotatable bonds is 2. The molecule has 0 radical (unpaired) electrons. The number of ketones is 1. The van der Waals surface area contributed by atoms with Crippen LogP contribution in [0, 0.1) is 17.3 Å². The molecule has 0 aliphatic carbocycles. The van der Waals surface area contributed by atoms with E-state index in [-0.39, 0.29) is 18.2 Å². The number of amides is 2. The average molecular weight is 354 g/mol. The van der Waals surface area contributed by atoms with E-state index in [1.54, 1.807) is 20.8 Å². The Morgan fingerprint density at radius 1 is 1.24 bits per heavy atom. The normalized spacial score (nSPS) is 30.0. The predicted molar refractivity (Wildman–Crippen MR) is 92.5 cm³/mol.